The van der Waals surface area contributed by atoms with Gasteiger partial charge in [-0.3, -0.25) is 9.59 Å². The molecule has 1 fully saturated rings. The van der Waals surface area contributed by atoms with E-state index in [0.29, 0.717) is 48.2 Å². The molecule has 0 saturated carbocycles. The van der Waals surface area contributed by atoms with Crippen LogP contribution >= 0.6 is 0 Å². The summed E-state index contributed by atoms with van der Waals surface area (Å²) in [6.07, 6.45) is 0.822. The van der Waals surface area contributed by atoms with E-state index in [9.17, 15) is 9.59 Å². The number of hydrogen-bond acceptors (Lipinski definition) is 6. The van der Waals surface area contributed by atoms with E-state index in [2.05, 4.69) is 5.32 Å². The first-order valence-corrected chi connectivity index (χ1v) is 10.0. The Bertz CT molecular complexity index is 946. The fourth-order valence-electron chi connectivity index (χ4n) is 3.64. The van der Waals surface area contributed by atoms with Crippen molar-refractivity contribution in [2.24, 2.45) is 5.92 Å². The van der Waals surface area contributed by atoms with Crippen molar-refractivity contribution in [3.63, 3.8) is 0 Å². The third-order valence-electron chi connectivity index (χ3n) is 5.34. The first-order chi connectivity index (χ1) is 15.0. The Morgan fingerprint density at radius 1 is 0.935 bits per heavy atom. The highest BCUT2D eigenvalue weighted by atomic mass is 16.5. The molecule has 31 heavy (non-hydrogen) atoms. The molecule has 1 N–H and O–H groups in total. The van der Waals surface area contributed by atoms with Gasteiger partial charge in [-0.2, -0.15) is 0 Å². The predicted octanol–water partition coefficient (Wildman–Crippen LogP) is 2.43. The largest absolute Gasteiger partial charge is 0.493 e. The summed E-state index contributed by atoms with van der Waals surface area (Å²) < 4.78 is 21.1. The van der Waals surface area contributed by atoms with Gasteiger partial charge in [0.15, 0.2) is 23.0 Å². The lowest BCUT2D eigenvalue weighted by molar-refractivity contribution is -0.126. The predicted molar refractivity (Wildman–Crippen MR) is 116 cm³/mol. The number of carbonyl (C=O) groups is 2. The molecule has 2 aromatic carbocycles. The molecule has 0 spiro atoms. The monoisotopic (exact) mass is 428 g/mol. The third kappa shape index (κ3) is 5.02. The van der Waals surface area contributed by atoms with E-state index in [1.165, 1.54) is 0 Å². The van der Waals surface area contributed by atoms with Gasteiger partial charge in [-0.1, -0.05) is 6.07 Å². The molecule has 0 radical (unpaired) electrons. The first kappa shape index (κ1) is 22.3. The summed E-state index contributed by atoms with van der Waals surface area (Å²) in [7, 11) is 6.28. The van der Waals surface area contributed by atoms with Crippen LogP contribution in [0.15, 0.2) is 36.4 Å². The average molecular weight is 428 g/mol. The van der Waals surface area contributed by atoms with Crippen molar-refractivity contribution in [3.05, 3.63) is 42.0 Å². The summed E-state index contributed by atoms with van der Waals surface area (Å²) in [5.41, 5.74) is 1.70. The van der Waals surface area contributed by atoms with E-state index in [-0.39, 0.29) is 18.2 Å². The minimum Gasteiger partial charge on any atom is -0.493 e. The SMILES string of the molecule is COc1ccc(CCNC(=O)C2CC(=O)N(c3ccc(OC)c(OC)c3)C2)cc1OC. The summed E-state index contributed by atoms with van der Waals surface area (Å²) >= 11 is 0. The zero-order valence-electron chi connectivity index (χ0n) is 18.3. The van der Waals surface area contributed by atoms with E-state index in [0.717, 1.165) is 5.56 Å². The van der Waals surface area contributed by atoms with Gasteiger partial charge in [0.05, 0.1) is 34.4 Å². The van der Waals surface area contributed by atoms with E-state index < -0.39 is 5.92 Å². The highest BCUT2D eigenvalue weighted by Gasteiger charge is 2.35. The molecule has 1 unspecified atom stereocenters. The van der Waals surface area contributed by atoms with Crippen LogP contribution in [-0.2, 0) is 16.0 Å². The highest BCUT2D eigenvalue weighted by molar-refractivity contribution is 6.00. The van der Waals surface area contributed by atoms with Crippen LogP contribution < -0.4 is 29.2 Å². The van der Waals surface area contributed by atoms with Crippen molar-refractivity contribution in [1.29, 1.82) is 0 Å². The van der Waals surface area contributed by atoms with Crippen LogP contribution in [0.3, 0.4) is 0 Å². The zero-order valence-corrected chi connectivity index (χ0v) is 18.3. The Morgan fingerprint density at radius 2 is 1.55 bits per heavy atom. The Balaban J connectivity index is 1.57. The van der Waals surface area contributed by atoms with E-state index in [1.807, 2.05) is 18.2 Å². The van der Waals surface area contributed by atoms with Gasteiger partial charge in [0.2, 0.25) is 11.8 Å². The minimum absolute atomic E-state index is 0.0905. The number of anilines is 1. The second-order valence-corrected chi connectivity index (χ2v) is 7.18. The molecule has 1 heterocycles. The number of carbonyl (C=O) groups excluding carboxylic acids is 2. The fraction of sp³-hybridized carbons (Fsp3) is 0.391. The Morgan fingerprint density at radius 3 is 2.19 bits per heavy atom. The number of ether oxygens (including phenoxy) is 4. The third-order valence-corrected chi connectivity index (χ3v) is 5.34. The molecule has 0 aliphatic carbocycles. The number of rotatable bonds is 9. The maximum atomic E-state index is 12.6. The van der Waals surface area contributed by atoms with Gasteiger partial charge in [0.25, 0.3) is 0 Å². The number of hydrogen-bond donors (Lipinski definition) is 1. The summed E-state index contributed by atoms with van der Waals surface area (Å²) in [6, 6.07) is 10.9. The Hall–Kier alpha value is -3.42. The summed E-state index contributed by atoms with van der Waals surface area (Å²) in [4.78, 5) is 26.8. The Labute approximate surface area is 182 Å². The molecule has 166 valence electrons. The molecule has 2 aromatic rings. The normalized spacial score (nSPS) is 15.5. The molecule has 1 aliphatic rings. The first-order valence-electron chi connectivity index (χ1n) is 10.0. The summed E-state index contributed by atoms with van der Waals surface area (Å²) in [6.45, 7) is 0.797. The van der Waals surface area contributed by atoms with Crippen molar-refractivity contribution in [2.45, 2.75) is 12.8 Å². The molecule has 8 nitrogen and oxygen atoms in total. The minimum atomic E-state index is -0.397. The quantitative estimate of drug-likeness (QED) is 0.660. The molecular formula is C23H28N2O6. The number of amides is 2. The summed E-state index contributed by atoms with van der Waals surface area (Å²) in [5.74, 6) is 1.82. The van der Waals surface area contributed by atoms with Crippen LogP contribution in [0, 0.1) is 5.92 Å². The number of nitrogens with one attached hydrogen (secondary N) is 1. The lowest BCUT2D eigenvalue weighted by atomic mass is 10.1. The molecule has 0 bridgehead atoms. The number of nitrogens with zero attached hydrogens (tertiary/aromatic N) is 1. The standard InChI is InChI=1S/C23H28N2O6/c1-28-18-7-5-15(11-20(18)30-3)9-10-24-23(27)16-12-22(26)25(14-16)17-6-8-19(29-2)21(13-17)31-4/h5-8,11,13,16H,9-10,12,14H2,1-4H3,(H,24,27). The molecule has 8 heteroatoms. The molecule has 1 atom stereocenters. The van der Waals surface area contributed by atoms with Gasteiger partial charge in [0.1, 0.15) is 0 Å². The van der Waals surface area contributed by atoms with Crippen molar-refractivity contribution in [3.8, 4) is 23.0 Å². The maximum absolute atomic E-state index is 12.6. The van der Waals surface area contributed by atoms with Gasteiger partial charge < -0.3 is 29.2 Å². The molecule has 0 aromatic heterocycles. The average Bonchev–Trinajstić information content (AvgIpc) is 3.20. The maximum Gasteiger partial charge on any atom is 0.227 e. The second kappa shape index (κ2) is 10.1. The van der Waals surface area contributed by atoms with Crippen LogP contribution in [0.25, 0.3) is 0 Å². The van der Waals surface area contributed by atoms with Crippen LogP contribution in [0.4, 0.5) is 5.69 Å². The van der Waals surface area contributed by atoms with Crippen LogP contribution in [-0.4, -0.2) is 53.3 Å². The smallest absolute Gasteiger partial charge is 0.227 e. The van der Waals surface area contributed by atoms with Crippen LogP contribution in [0.2, 0.25) is 0 Å². The molecular weight excluding hydrogens is 400 g/mol. The van der Waals surface area contributed by atoms with Gasteiger partial charge >= 0.3 is 0 Å². The topological polar surface area (TPSA) is 86.3 Å². The van der Waals surface area contributed by atoms with Crippen molar-refractivity contribution < 1.29 is 28.5 Å². The van der Waals surface area contributed by atoms with Gasteiger partial charge in [-0.15, -0.1) is 0 Å². The molecule has 3 rings (SSSR count). The summed E-state index contributed by atoms with van der Waals surface area (Å²) in [5, 5.41) is 2.94. The van der Waals surface area contributed by atoms with Crippen molar-refractivity contribution >= 4 is 17.5 Å². The van der Waals surface area contributed by atoms with Crippen molar-refractivity contribution in [1.82, 2.24) is 5.32 Å². The van der Waals surface area contributed by atoms with Gasteiger partial charge in [0, 0.05) is 31.3 Å². The van der Waals surface area contributed by atoms with E-state index in [4.69, 9.17) is 18.9 Å². The van der Waals surface area contributed by atoms with Crippen LogP contribution in [0.5, 0.6) is 23.0 Å². The lowest BCUT2D eigenvalue weighted by Gasteiger charge is -2.18. The number of methoxy groups -OCH3 is 4. The van der Waals surface area contributed by atoms with E-state index in [1.54, 1.807) is 51.5 Å². The van der Waals surface area contributed by atoms with Gasteiger partial charge in [-0.25, -0.2) is 0 Å². The highest BCUT2D eigenvalue weighted by Crippen LogP contribution is 2.34. The Kier molecular flexibility index (Phi) is 7.23. The molecule has 2 amide bonds. The molecule has 1 aliphatic heterocycles. The van der Waals surface area contributed by atoms with Crippen LogP contribution in [0.1, 0.15) is 12.0 Å². The fourth-order valence-corrected chi connectivity index (χ4v) is 3.64. The second-order valence-electron chi connectivity index (χ2n) is 7.18. The molecule has 1 saturated heterocycles. The van der Waals surface area contributed by atoms with Crippen molar-refractivity contribution in [2.75, 3.05) is 46.4 Å². The number of benzene rings is 2. The van der Waals surface area contributed by atoms with E-state index >= 15 is 0 Å². The zero-order chi connectivity index (χ0) is 22.4. The van der Waals surface area contributed by atoms with Gasteiger partial charge in [-0.05, 0) is 36.2 Å². The lowest BCUT2D eigenvalue weighted by Crippen LogP contribution is -2.34.